The molecule has 0 aliphatic heterocycles. The fourth-order valence-electron chi connectivity index (χ4n) is 3.88. The number of hydrogen-bond donors (Lipinski definition) is 3. The highest BCUT2D eigenvalue weighted by molar-refractivity contribution is 6.09. The summed E-state index contributed by atoms with van der Waals surface area (Å²) in [4.78, 5) is 51.1. The second-order valence-electron chi connectivity index (χ2n) is 9.45. The Bertz CT molecular complexity index is 1630. The van der Waals surface area contributed by atoms with Gasteiger partial charge in [-0.25, -0.2) is 4.98 Å². The molecule has 0 bridgehead atoms. The van der Waals surface area contributed by atoms with E-state index in [4.69, 9.17) is 0 Å². The Morgan fingerprint density at radius 1 is 0.914 bits per heavy atom. The Morgan fingerprint density at radius 2 is 1.54 bits per heavy atom. The lowest BCUT2D eigenvalue weighted by Gasteiger charge is -2.16. The number of H-pyrrole nitrogens is 3. The zero-order chi connectivity index (χ0) is 25.2. The lowest BCUT2D eigenvalue weighted by molar-refractivity contribution is 0.103. The second-order valence-corrected chi connectivity index (χ2v) is 9.45. The molecule has 178 valence electrons. The highest BCUT2D eigenvalue weighted by Crippen LogP contribution is 2.22. The van der Waals surface area contributed by atoms with E-state index in [0.29, 0.717) is 22.4 Å². The second kappa shape index (κ2) is 9.54. The van der Waals surface area contributed by atoms with Gasteiger partial charge in [0.15, 0.2) is 5.78 Å². The molecule has 7 heteroatoms. The van der Waals surface area contributed by atoms with Crippen molar-refractivity contribution in [3.63, 3.8) is 0 Å². The first-order valence-corrected chi connectivity index (χ1v) is 11.5. The first-order chi connectivity index (χ1) is 16.7. The summed E-state index contributed by atoms with van der Waals surface area (Å²) in [6, 6.07) is 14.5. The van der Waals surface area contributed by atoms with Gasteiger partial charge in [-0.05, 0) is 41.8 Å². The molecule has 0 aliphatic carbocycles. The summed E-state index contributed by atoms with van der Waals surface area (Å²) in [5.74, 6) is -0.100. The van der Waals surface area contributed by atoms with Gasteiger partial charge in [0.1, 0.15) is 10.7 Å². The van der Waals surface area contributed by atoms with Crippen molar-refractivity contribution in [3.8, 4) is 0 Å². The number of carbonyl (C=O) groups excluding carboxylic acids is 1. The van der Waals surface area contributed by atoms with Crippen LogP contribution in [0.2, 0.25) is 0 Å². The average molecular weight is 469 g/mol. The van der Waals surface area contributed by atoms with Gasteiger partial charge in [-0.15, -0.1) is 0 Å². The zero-order valence-electron chi connectivity index (χ0n) is 20.2. The van der Waals surface area contributed by atoms with E-state index in [9.17, 15) is 14.4 Å². The molecule has 0 amide bonds. The lowest BCUT2D eigenvalue weighted by Crippen LogP contribution is -2.46. The van der Waals surface area contributed by atoms with Gasteiger partial charge < -0.3 is 15.0 Å². The average Bonchev–Trinajstić information content (AvgIpc) is 3.31. The molecular formula is C28H28N4O3. The minimum absolute atomic E-state index is 0.0998. The van der Waals surface area contributed by atoms with Crippen molar-refractivity contribution in [1.82, 2.24) is 19.9 Å². The van der Waals surface area contributed by atoms with E-state index in [-0.39, 0.29) is 21.9 Å². The number of aromatic amines is 3. The van der Waals surface area contributed by atoms with Crippen LogP contribution in [0, 0.1) is 0 Å². The quantitative estimate of drug-likeness (QED) is 0.391. The number of imidazole rings is 1. The van der Waals surface area contributed by atoms with Gasteiger partial charge in [0, 0.05) is 22.2 Å². The number of ketones is 1. The van der Waals surface area contributed by atoms with E-state index in [1.807, 2.05) is 45.9 Å². The van der Waals surface area contributed by atoms with Crippen LogP contribution in [0.25, 0.3) is 12.2 Å². The third kappa shape index (κ3) is 5.30. The normalized spacial score (nSPS) is 12.8. The molecule has 35 heavy (non-hydrogen) atoms. The molecule has 4 aromatic rings. The van der Waals surface area contributed by atoms with Gasteiger partial charge in [-0.2, -0.15) is 0 Å². The van der Waals surface area contributed by atoms with Crippen LogP contribution in [0.15, 0.2) is 64.4 Å². The molecule has 0 spiro atoms. The van der Waals surface area contributed by atoms with Crippen molar-refractivity contribution in [3.05, 3.63) is 120 Å². The molecule has 0 saturated carbocycles. The van der Waals surface area contributed by atoms with Crippen LogP contribution in [0.1, 0.15) is 66.1 Å². The van der Waals surface area contributed by atoms with Crippen LogP contribution in [-0.2, 0) is 11.8 Å². The molecule has 0 atom stereocenters. The smallest absolute Gasteiger partial charge is 0.272 e. The monoisotopic (exact) mass is 468 g/mol. The number of nitrogens with one attached hydrogen (secondary N) is 3. The van der Waals surface area contributed by atoms with Crippen LogP contribution in [-0.4, -0.2) is 25.7 Å². The molecule has 0 fully saturated rings. The van der Waals surface area contributed by atoms with Crippen LogP contribution in [0.4, 0.5) is 0 Å². The summed E-state index contributed by atoms with van der Waals surface area (Å²) < 4.78 is 0. The summed E-state index contributed by atoms with van der Waals surface area (Å²) in [5.41, 5.74) is 3.19. The van der Waals surface area contributed by atoms with Crippen LogP contribution in [0.3, 0.4) is 0 Å². The van der Waals surface area contributed by atoms with Gasteiger partial charge in [0.2, 0.25) is 0 Å². The molecule has 2 aromatic carbocycles. The molecule has 2 aromatic heterocycles. The number of rotatable bonds is 5. The van der Waals surface area contributed by atoms with E-state index < -0.39 is 11.1 Å². The van der Waals surface area contributed by atoms with Crippen LogP contribution in [0.5, 0.6) is 0 Å². The first kappa shape index (κ1) is 23.9. The van der Waals surface area contributed by atoms with Gasteiger partial charge in [0.25, 0.3) is 11.1 Å². The highest BCUT2D eigenvalue weighted by Gasteiger charge is 2.19. The van der Waals surface area contributed by atoms with Gasteiger partial charge in [-0.3, -0.25) is 14.4 Å². The highest BCUT2D eigenvalue weighted by atomic mass is 16.1. The minimum atomic E-state index is -0.448. The third-order valence-electron chi connectivity index (χ3n) is 5.74. The Kier molecular flexibility index (Phi) is 6.51. The van der Waals surface area contributed by atoms with Gasteiger partial charge in [-0.1, -0.05) is 64.1 Å². The van der Waals surface area contributed by atoms with Crippen molar-refractivity contribution >= 4 is 17.9 Å². The summed E-state index contributed by atoms with van der Waals surface area (Å²) >= 11 is 0. The fourth-order valence-corrected chi connectivity index (χ4v) is 3.88. The Morgan fingerprint density at radius 3 is 2.20 bits per heavy atom. The summed E-state index contributed by atoms with van der Waals surface area (Å²) in [6.07, 6.45) is 5.52. The zero-order valence-corrected chi connectivity index (χ0v) is 20.2. The topological polar surface area (TPSA) is 111 Å². The van der Waals surface area contributed by atoms with Crippen molar-refractivity contribution in [2.75, 3.05) is 0 Å². The van der Waals surface area contributed by atoms with Crippen molar-refractivity contribution in [2.45, 2.75) is 39.5 Å². The summed E-state index contributed by atoms with van der Waals surface area (Å²) in [7, 11) is 0. The SMILES string of the molecule is CCc1cccc(C(=O)c2cccc(/C=c3\[nH]c(=O)/c(=C/c4nc[nH]c4C(C)(C)C)[nH]c3=O)c2)c1. The van der Waals surface area contributed by atoms with Crippen molar-refractivity contribution in [2.24, 2.45) is 0 Å². The molecule has 3 N–H and O–H groups in total. The number of aryl methyl sites for hydroxylation is 1. The van der Waals surface area contributed by atoms with E-state index >= 15 is 0 Å². The van der Waals surface area contributed by atoms with Crippen molar-refractivity contribution in [1.29, 1.82) is 0 Å². The number of hydrogen-bond acceptors (Lipinski definition) is 4. The molecule has 7 nitrogen and oxygen atoms in total. The van der Waals surface area contributed by atoms with E-state index in [2.05, 4.69) is 19.9 Å². The standard InChI is InChI=1S/C28H28N4O3/c1-5-17-8-6-10-19(12-17)24(33)20-11-7-9-18(13-20)14-22-26(34)32-23(27(35)31-22)15-21-25(28(2,3)4)30-16-29-21/h6-16H,5H2,1-4H3,(H,29,30)(H,31,35)(H,32,34)/b22-14-,23-15-. The maximum Gasteiger partial charge on any atom is 0.272 e. The molecule has 2 heterocycles. The molecule has 0 radical (unpaired) electrons. The minimum Gasteiger partial charge on any atom is -0.348 e. The molecule has 0 aliphatic rings. The first-order valence-electron chi connectivity index (χ1n) is 11.5. The molecule has 0 saturated heterocycles. The Balaban J connectivity index is 1.72. The van der Waals surface area contributed by atoms with E-state index in [0.717, 1.165) is 17.7 Å². The number of benzene rings is 2. The Hall–Kier alpha value is -4.26. The predicted molar refractivity (Wildman–Crippen MR) is 137 cm³/mol. The largest absolute Gasteiger partial charge is 0.348 e. The molecule has 4 rings (SSSR count). The maximum atomic E-state index is 13.0. The lowest BCUT2D eigenvalue weighted by atomic mass is 9.90. The predicted octanol–water partition coefficient (Wildman–Crippen LogP) is 2.53. The van der Waals surface area contributed by atoms with Crippen LogP contribution < -0.4 is 21.8 Å². The summed E-state index contributed by atoms with van der Waals surface area (Å²) in [5, 5.41) is 0.215. The Labute approximate surface area is 202 Å². The third-order valence-corrected chi connectivity index (χ3v) is 5.74. The fraction of sp³-hybridized carbons (Fsp3) is 0.214. The number of aromatic nitrogens is 4. The van der Waals surface area contributed by atoms with Crippen LogP contribution >= 0.6 is 0 Å². The molecule has 0 unspecified atom stereocenters. The number of carbonyl (C=O) groups is 1. The van der Waals surface area contributed by atoms with Gasteiger partial charge >= 0.3 is 0 Å². The molecular weight excluding hydrogens is 440 g/mol. The van der Waals surface area contributed by atoms with Gasteiger partial charge in [0.05, 0.1) is 12.0 Å². The van der Waals surface area contributed by atoms with E-state index in [1.54, 1.807) is 48.8 Å². The number of nitrogens with zero attached hydrogens (tertiary/aromatic N) is 1. The maximum absolute atomic E-state index is 13.0. The summed E-state index contributed by atoms with van der Waals surface area (Å²) in [6.45, 7) is 8.13. The van der Waals surface area contributed by atoms with E-state index in [1.165, 1.54) is 0 Å². The van der Waals surface area contributed by atoms with Crippen molar-refractivity contribution < 1.29 is 4.79 Å².